The summed E-state index contributed by atoms with van der Waals surface area (Å²) in [6, 6.07) is 0. The number of hydrogen-bond donors (Lipinski definition) is 0. The van der Waals surface area contributed by atoms with Gasteiger partial charge in [-0.3, -0.25) is 0 Å². The van der Waals surface area contributed by atoms with Gasteiger partial charge >= 0.3 is 0 Å². The van der Waals surface area contributed by atoms with Crippen LogP contribution in [0.25, 0.3) is 0 Å². The Kier molecular flexibility index (Phi) is 9.59. The Hall–Kier alpha value is -0.340. The molecule has 2 fully saturated rings. The smallest absolute Gasteiger partial charge is 0.184 e. The van der Waals surface area contributed by atoms with Gasteiger partial charge in [-0.15, -0.1) is 24.8 Å². The highest BCUT2D eigenvalue weighted by atomic mass is 35.5. The van der Waals surface area contributed by atoms with E-state index in [0.29, 0.717) is 6.61 Å². The van der Waals surface area contributed by atoms with Gasteiger partial charge in [0, 0.05) is 49.9 Å². The van der Waals surface area contributed by atoms with Crippen LogP contribution in [-0.2, 0) is 20.4 Å². The molecule has 0 aromatic rings. The van der Waals surface area contributed by atoms with Crippen molar-refractivity contribution >= 4 is 41.4 Å². The Balaban J connectivity index is 0.00000144. The van der Waals surface area contributed by atoms with E-state index in [1.807, 2.05) is 0 Å². The summed E-state index contributed by atoms with van der Waals surface area (Å²) in [4.78, 5) is 4.86. The topological polar surface area (TPSA) is 49.7 Å². The lowest BCUT2D eigenvalue weighted by Crippen LogP contribution is -2.46. The summed E-state index contributed by atoms with van der Waals surface area (Å²) in [5, 5.41) is 0. The first-order valence-electron chi connectivity index (χ1n) is 8.16. The summed E-state index contributed by atoms with van der Waals surface area (Å²) in [5.74, 6) is 2.85. The van der Waals surface area contributed by atoms with Crippen molar-refractivity contribution in [1.82, 2.24) is 9.80 Å². The summed E-state index contributed by atoms with van der Waals surface area (Å²) in [7, 11) is 1.42. The summed E-state index contributed by atoms with van der Waals surface area (Å²) in [5.41, 5.74) is 1.12. The van der Waals surface area contributed by atoms with E-state index >= 15 is 0 Å². The van der Waals surface area contributed by atoms with Gasteiger partial charge in [-0.25, -0.2) is 4.40 Å². The molecule has 0 aliphatic carbocycles. The van der Waals surface area contributed by atoms with Crippen LogP contribution in [-0.4, -0.2) is 74.3 Å². The van der Waals surface area contributed by atoms with Gasteiger partial charge in [-0.05, 0) is 19.4 Å². The third-order valence-corrected chi connectivity index (χ3v) is 5.61. The fraction of sp³-hybridized carbons (Fsp3) is 0.800. The minimum Gasteiger partial charge on any atom is -0.488 e. The van der Waals surface area contributed by atoms with Crippen LogP contribution in [0.4, 0.5) is 0 Å². The van der Waals surface area contributed by atoms with Crippen molar-refractivity contribution in [3.8, 4) is 0 Å². The Labute approximate surface area is 159 Å². The normalized spacial score (nSPS) is 24.0. The average molecular weight is 399 g/mol. The number of likely N-dealkylation sites (N-methyl/N-ethyl adjacent to an activating group) is 1. The van der Waals surface area contributed by atoms with Gasteiger partial charge in [-0.2, -0.15) is 4.36 Å². The molecule has 140 valence electrons. The van der Waals surface area contributed by atoms with E-state index in [4.69, 9.17) is 18.2 Å². The Morgan fingerprint density at radius 2 is 1.96 bits per heavy atom. The molecule has 1 unspecified atom stereocenters. The molecule has 3 aliphatic heterocycles. The Morgan fingerprint density at radius 1 is 1.21 bits per heavy atom. The number of nitrogens with zero attached hydrogens (tertiary/aromatic N) is 4. The minimum absolute atomic E-state index is 0. The van der Waals surface area contributed by atoms with Crippen LogP contribution >= 0.6 is 24.8 Å². The molecule has 0 aromatic heterocycles. The van der Waals surface area contributed by atoms with Gasteiger partial charge in [-0.1, -0.05) is 6.92 Å². The van der Waals surface area contributed by atoms with Gasteiger partial charge in [0.25, 0.3) is 0 Å². The van der Waals surface area contributed by atoms with E-state index in [2.05, 4.69) is 16.7 Å². The molecular formula is C15H28Cl2N4O2S. The molecule has 2 saturated heterocycles. The van der Waals surface area contributed by atoms with Crippen molar-refractivity contribution in [1.29, 1.82) is 0 Å². The molecule has 3 aliphatic rings. The van der Waals surface area contributed by atoms with E-state index in [9.17, 15) is 0 Å². The second kappa shape index (κ2) is 10.6. The molecule has 0 aromatic carbocycles. The molecule has 0 radical (unpaired) electrons. The first-order chi connectivity index (χ1) is 10.8. The number of methoxy groups -OCH3 is 1. The van der Waals surface area contributed by atoms with Gasteiger partial charge in [0.05, 0.1) is 18.9 Å². The quantitative estimate of drug-likeness (QED) is 0.712. The van der Waals surface area contributed by atoms with Crippen LogP contribution in [0.15, 0.2) is 20.3 Å². The van der Waals surface area contributed by atoms with Crippen molar-refractivity contribution in [3.63, 3.8) is 0 Å². The third-order valence-electron chi connectivity index (χ3n) is 4.27. The average Bonchev–Trinajstić information content (AvgIpc) is 2.59. The highest BCUT2D eigenvalue weighted by Crippen LogP contribution is 2.27. The van der Waals surface area contributed by atoms with E-state index in [0.717, 1.165) is 75.2 Å². The number of allylic oxidation sites excluding steroid dienone is 1. The van der Waals surface area contributed by atoms with Crippen LogP contribution < -0.4 is 0 Å². The second-order valence-electron chi connectivity index (χ2n) is 5.69. The number of fused-ring (bicyclic) bond motifs is 1. The molecule has 9 heteroatoms. The molecule has 0 spiro atoms. The summed E-state index contributed by atoms with van der Waals surface area (Å²) in [6.07, 6.45) is 2.07. The lowest BCUT2D eigenvalue weighted by atomic mass is 10.1. The number of ether oxygens (including phenoxy) is 2. The van der Waals surface area contributed by atoms with Crippen molar-refractivity contribution in [2.45, 2.75) is 19.8 Å². The van der Waals surface area contributed by atoms with Crippen LogP contribution in [0.3, 0.4) is 0 Å². The molecule has 0 saturated carbocycles. The zero-order chi connectivity index (χ0) is 15.4. The van der Waals surface area contributed by atoms with E-state index in [-0.39, 0.29) is 35.7 Å². The lowest BCUT2D eigenvalue weighted by Gasteiger charge is -2.37. The van der Waals surface area contributed by atoms with E-state index < -0.39 is 0 Å². The monoisotopic (exact) mass is 398 g/mol. The first-order valence-corrected chi connectivity index (χ1v) is 9.46. The summed E-state index contributed by atoms with van der Waals surface area (Å²) in [6.45, 7) is 9.08. The van der Waals surface area contributed by atoms with Crippen molar-refractivity contribution in [3.05, 3.63) is 11.6 Å². The predicted octanol–water partition coefficient (Wildman–Crippen LogP) is 2.26. The Bertz CT molecular complexity index is 506. The zero-order valence-electron chi connectivity index (χ0n) is 14.4. The van der Waals surface area contributed by atoms with Crippen molar-refractivity contribution < 1.29 is 9.47 Å². The molecule has 0 N–H and O–H groups in total. The lowest BCUT2D eigenvalue weighted by molar-refractivity contribution is 0.148. The molecule has 3 heterocycles. The van der Waals surface area contributed by atoms with Crippen molar-refractivity contribution in [2.75, 3.05) is 58.8 Å². The van der Waals surface area contributed by atoms with Crippen molar-refractivity contribution in [2.24, 2.45) is 8.76 Å². The van der Waals surface area contributed by atoms with E-state index in [1.54, 1.807) is 7.11 Å². The maximum absolute atomic E-state index is 5.93. The SMILES string of the molecule is CCN1CCN(C2=C3OCCCC3=NS(CCOC)=N2)CC1.Cl.Cl. The van der Waals surface area contributed by atoms with Crippen LogP contribution in [0.1, 0.15) is 19.8 Å². The maximum Gasteiger partial charge on any atom is 0.184 e. The molecule has 0 bridgehead atoms. The van der Waals surface area contributed by atoms with Gasteiger partial charge in [0.2, 0.25) is 0 Å². The third kappa shape index (κ3) is 5.08. The fourth-order valence-electron chi connectivity index (χ4n) is 2.91. The molecule has 1 atom stereocenters. The number of halogens is 2. The molecule has 0 amide bonds. The fourth-order valence-corrected chi connectivity index (χ4v) is 4.27. The zero-order valence-corrected chi connectivity index (χ0v) is 16.9. The highest BCUT2D eigenvalue weighted by molar-refractivity contribution is 7.86. The summed E-state index contributed by atoms with van der Waals surface area (Å²) < 4.78 is 20.8. The van der Waals surface area contributed by atoms with Crippen LogP contribution in [0.2, 0.25) is 0 Å². The van der Waals surface area contributed by atoms with Crippen LogP contribution in [0.5, 0.6) is 0 Å². The molecule has 6 nitrogen and oxygen atoms in total. The highest BCUT2D eigenvalue weighted by Gasteiger charge is 2.29. The summed E-state index contributed by atoms with van der Waals surface area (Å²) >= 11 is 0. The number of piperazine rings is 1. The standard InChI is InChI=1S/C15H26N4O2S.2ClH/c1-3-18-6-8-19(9-7-18)15-14-13(5-4-10-21-14)16-22(17-15)12-11-20-2;;/h3-12H2,1-2H3;2*1H. The van der Waals surface area contributed by atoms with Gasteiger partial charge < -0.3 is 19.3 Å². The molecular weight excluding hydrogens is 371 g/mol. The Morgan fingerprint density at radius 3 is 2.62 bits per heavy atom. The largest absolute Gasteiger partial charge is 0.488 e. The van der Waals surface area contributed by atoms with Gasteiger partial charge in [0.1, 0.15) is 0 Å². The molecule has 24 heavy (non-hydrogen) atoms. The maximum atomic E-state index is 5.93. The van der Waals surface area contributed by atoms with E-state index in [1.165, 1.54) is 0 Å². The second-order valence-corrected chi connectivity index (χ2v) is 7.15. The minimum atomic E-state index is -0.310. The van der Waals surface area contributed by atoms with Gasteiger partial charge in [0.15, 0.2) is 11.6 Å². The number of hydrogen-bond acceptors (Lipinski definition) is 6. The number of rotatable bonds is 5. The molecule has 3 rings (SSSR count). The predicted molar refractivity (Wildman–Crippen MR) is 104 cm³/mol. The first kappa shape index (κ1) is 21.7. The van der Waals surface area contributed by atoms with Crippen LogP contribution in [0, 0.1) is 0 Å².